The second-order valence-electron chi connectivity index (χ2n) is 7.04. The Morgan fingerprint density at radius 1 is 1.29 bits per heavy atom. The predicted octanol–water partition coefficient (Wildman–Crippen LogP) is 3.32. The summed E-state index contributed by atoms with van der Waals surface area (Å²) in [5, 5.41) is 20.0. The van der Waals surface area contributed by atoms with Gasteiger partial charge in [-0.05, 0) is 35.5 Å². The van der Waals surface area contributed by atoms with Crippen LogP contribution in [0, 0.1) is 0 Å². The van der Waals surface area contributed by atoms with E-state index in [9.17, 15) is 18.0 Å². The molecule has 0 aromatic carbocycles. The van der Waals surface area contributed by atoms with Gasteiger partial charge in [-0.1, -0.05) is 11.6 Å². The highest BCUT2D eigenvalue weighted by molar-refractivity contribution is 7.19. The van der Waals surface area contributed by atoms with Crippen molar-refractivity contribution in [2.75, 3.05) is 0 Å². The van der Waals surface area contributed by atoms with Crippen LogP contribution in [0.15, 0.2) is 36.9 Å². The zero-order valence-electron chi connectivity index (χ0n) is 16.9. The molecule has 5 aromatic heterocycles. The predicted molar refractivity (Wildman–Crippen MR) is 113 cm³/mol. The minimum absolute atomic E-state index is 0.0411. The lowest BCUT2D eigenvalue weighted by molar-refractivity contribution is -0.146. The lowest BCUT2D eigenvalue weighted by Crippen LogP contribution is -2.28. The largest absolute Gasteiger partial charge is 0.453 e. The number of thiophene rings is 1. The number of nitrogens with one attached hydrogen (secondary N) is 2. The number of amides is 1. The van der Waals surface area contributed by atoms with E-state index in [1.54, 1.807) is 19.1 Å². The van der Waals surface area contributed by atoms with Gasteiger partial charge in [-0.15, -0.1) is 26.6 Å². The molecule has 5 heterocycles. The topological polar surface area (TPSA) is 132 Å². The minimum Gasteiger partial charge on any atom is -0.342 e. The number of nitrogens with zero attached hydrogens (tertiary/aromatic N) is 8. The molecule has 1 amide bonds. The minimum atomic E-state index is -4.84. The number of pyridine rings is 1. The van der Waals surface area contributed by atoms with E-state index in [4.69, 9.17) is 11.6 Å². The third-order valence-electron chi connectivity index (χ3n) is 4.82. The first-order chi connectivity index (χ1) is 16.2. The van der Waals surface area contributed by atoms with Crippen molar-refractivity contribution in [3.63, 3.8) is 0 Å². The average molecular weight is 509 g/mol. The lowest BCUT2D eigenvalue weighted by Gasteiger charge is -2.14. The Kier molecular flexibility index (Phi) is 5.28. The number of carbonyl (C=O) groups excluding carboxylic acids is 1. The van der Waals surface area contributed by atoms with Crippen molar-refractivity contribution in [1.29, 1.82) is 0 Å². The van der Waals surface area contributed by atoms with Crippen molar-refractivity contribution in [2.24, 2.45) is 0 Å². The number of tetrazole rings is 1. The van der Waals surface area contributed by atoms with Gasteiger partial charge in [0.05, 0.1) is 32.7 Å². The molecule has 0 radical (unpaired) electrons. The van der Waals surface area contributed by atoms with Crippen LogP contribution in [0.1, 0.15) is 35.0 Å². The molecule has 1 atom stereocenters. The zero-order valence-corrected chi connectivity index (χ0v) is 18.5. The van der Waals surface area contributed by atoms with Gasteiger partial charge in [-0.25, -0.2) is 4.98 Å². The van der Waals surface area contributed by atoms with Gasteiger partial charge in [0.1, 0.15) is 12.0 Å². The number of H-pyrrole nitrogens is 1. The number of alkyl halides is 3. The second kappa shape index (κ2) is 8.18. The average Bonchev–Trinajstić information content (AvgIpc) is 3.58. The van der Waals surface area contributed by atoms with E-state index in [-0.39, 0.29) is 16.9 Å². The third-order valence-corrected chi connectivity index (χ3v) is 6.07. The van der Waals surface area contributed by atoms with E-state index < -0.39 is 23.9 Å². The van der Waals surface area contributed by atoms with Crippen molar-refractivity contribution < 1.29 is 18.0 Å². The molecule has 16 heteroatoms. The molecule has 11 nitrogen and oxygen atoms in total. The fraction of sp³-hybridized carbons (Fsp3) is 0.167. The monoisotopic (exact) mass is 508 g/mol. The molecule has 5 rings (SSSR count). The SMILES string of the molecule is C[C@H](NC(=O)c1cc(-n2nnnc2C(F)(F)F)c2ncc(-c3ccc(Cl)s3)n2c1)c1nnc[nH]1. The molecule has 0 aliphatic carbocycles. The summed E-state index contributed by atoms with van der Waals surface area (Å²) >= 11 is 7.31. The normalized spacial score (nSPS) is 12.9. The van der Waals surface area contributed by atoms with Crippen molar-refractivity contribution in [3.8, 4) is 16.3 Å². The van der Waals surface area contributed by atoms with E-state index in [1.165, 1.54) is 40.5 Å². The summed E-state index contributed by atoms with van der Waals surface area (Å²) in [5.74, 6) is -1.52. The Bertz CT molecular complexity index is 1490. The van der Waals surface area contributed by atoms with Crippen LogP contribution in [-0.2, 0) is 6.18 Å². The van der Waals surface area contributed by atoms with Crippen LogP contribution in [0.25, 0.3) is 21.9 Å². The number of aromatic nitrogens is 9. The molecule has 2 N–H and O–H groups in total. The molecular formula is C18H12ClF3N10OS. The Morgan fingerprint density at radius 3 is 2.79 bits per heavy atom. The van der Waals surface area contributed by atoms with Gasteiger partial charge in [0.2, 0.25) is 0 Å². The summed E-state index contributed by atoms with van der Waals surface area (Å²) < 4.78 is 43.1. The van der Waals surface area contributed by atoms with Crippen molar-refractivity contribution in [2.45, 2.75) is 19.1 Å². The molecule has 0 aliphatic rings. The molecule has 0 unspecified atom stereocenters. The molecular weight excluding hydrogens is 497 g/mol. The molecule has 0 fully saturated rings. The van der Waals surface area contributed by atoms with Gasteiger partial charge in [-0.3, -0.25) is 9.20 Å². The van der Waals surface area contributed by atoms with Gasteiger partial charge in [-0.2, -0.15) is 17.9 Å². The smallest absolute Gasteiger partial charge is 0.342 e. The van der Waals surface area contributed by atoms with Crippen LogP contribution in [0.5, 0.6) is 0 Å². The van der Waals surface area contributed by atoms with Crippen LogP contribution < -0.4 is 5.32 Å². The first-order valence-corrected chi connectivity index (χ1v) is 10.7. The summed E-state index contributed by atoms with van der Waals surface area (Å²) in [6.45, 7) is 1.68. The molecule has 34 heavy (non-hydrogen) atoms. The second-order valence-corrected chi connectivity index (χ2v) is 8.75. The van der Waals surface area contributed by atoms with Crippen molar-refractivity contribution in [1.82, 2.24) is 50.1 Å². The fourth-order valence-corrected chi connectivity index (χ4v) is 4.33. The standard InChI is InChI=1S/C18H12ClF3N10OS/c1-8(14-24-7-25-27-14)26-16(33)9-4-10(32-17(18(20,21)22)28-29-30-32)15-23-5-11(31(15)6-9)12-2-3-13(19)34-12/h2-8H,1H3,(H,26,33)(H,24,25,27)/t8-/m0/s1. The van der Waals surface area contributed by atoms with E-state index in [0.717, 1.165) is 0 Å². The molecule has 0 bridgehead atoms. The van der Waals surface area contributed by atoms with Crippen molar-refractivity contribution in [3.05, 3.63) is 58.5 Å². The molecule has 0 saturated carbocycles. The van der Waals surface area contributed by atoms with Gasteiger partial charge in [0.15, 0.2) is 11.5 Å². The van der Waals surface area contributed by atoms with Crippen LogP contribution in [-0.4, -0.2) is 50.7 Å². The van der Waals surface area contributed by atoms with E-state index in [0.29, 0.717) is 25.4 Å². The van der Waals surface area contributed by atoms with E-state index in [2.05, 4.69) is 41.0 Å². The maximum Gasteiger partial charge on any atom is 0.453 e. The van der Waals surface area contributed by atoms with Crippen LogP contribution in [0.4, 0.5) is 13.2 Å². The van der Waals surface area contributed by atoms with Gasteiger partial charge >= 0.3 is 6.18 Å². The number of hydrogen-bond donors (Lipinski definition) is 2. The van der Waals surface area contributed by atoms with Gasteiger partial charge in [0.25, 0.3) is 11.7 Å². The summed E-state index contributed by atoms with van der Waals surface area (Å²) in [6.07, 6.45) is -0.537. The van der Waals surface area contributed by atoms with E-state index in [1.807, 2.05) is 0 Å². The maximum atomic E-state index is 13.5. The first kappa shape index (κ1) is 22.0. The number of carbonyl (C=O) groups is 1. The highest BCUT2D eigenvalue weighted by atomic mass is 35.5. The summed E-state index contributed by atoms with van der Waals surface area (Å²) in [5.41, 5.74) is 0.537. The number of fused-ring (bicyclic) bond motifs is 1. The highest BCUT2D eigenvalue weighted by Gasteiger charge is 2.39. The summed E-state index contributed by atoms with van der Waals surface area (Å²) in [6, 6.07) is 4.11. The van der Waals surface area contributed by atoms with Crippen LogP contribution in [0.3, 0.4) is 0 Å². The van der Waals surface area contributed by atoms with Gasteiger partial charge in [0, 0.05) is 6.20 Å². The van der Waals surface area contributed by atoms with Crippen LogP contribution >= 0.6 is 22.9 Å². The molecule has 5 aromatic rings. The van der Waals surface area contributed by atoms with Crippen LogP contribution in [0.2, 0.25) is 4.34 Å². The van der Waals surface area contributed by atoms with Gasteiger partial charge < -0.3 is 10.3 Å². The lowest BCUT2D eigenvalue weighted by atomic mass is 10.2. The zero-order chi connectivity index (χ0) is 24.0. The number of halogens is 4. The molecule has 0 aliphatic heterocycles. The number of aromatic amines is 1. The molecule has 174 valence electrons. The highest BCUT2D eigenvalue weighted by Crippen LogP contribution is 2.34. The fourth-order valence-electron chi connectivity index (χ4n) is 3.28. The number of rotatable bonds is 5. The Hall–Kier alpha value is -3.85. The quantitative estimate of drug-likeness (QED) is 0.372. The Labute approximate surface area is 196 Å². The Morgan fingerprint density at radius 2 is 2.12 bits per heavy atom. The van der Waals surface area contributed by atoms with E-state index >= 15 is 0 Å². The molecule has 0 spiro atoms. The summed E-state index contributed by atoms with van der Waals surface area (Å²) in [4.78, 5) is 20.8. The third kappa shape index (κ3) is 3.88. The first-order valence-electron chi connectivity index (χ1n) is 9.52. The number of hydrogen-bond acceptors (Lipinski definition) is 8. The maximum absolute atomic E-state index is 13.5. The Balaban J connectivity index is 1.67. The molecule has 0 saturated heterocycles. The summed E-state index contributed by atoms with van der Waals surface area (Å²) in [7, 11) is 0. The van der Waals surface area contributed by atoms with Crippen molar-refractivity contribution >= 4 is 34.5 Å². The number of imidazole rings is 1.